The number of nitrogens with zero attached hydrogens (tertiary/aromatic N) is 2. The molecule has 0 saturated carbocycles. The number of sulfonamides is 1. The number of hydrogen-bond acceptors (Lipinski definition) is 6. The number of amides is 1. The molecule has 1 aliphatic rings. The number of ether oxygens (including phenoxy) is 1. The average molecular weight is 472 g/mol. The van der Waals surface area contributed by atoms with Gasteiger partial charge in [0.15, 0.2) is 0 Å². The molecule has 32 heavy (non-hydrogen) atoms. The Labute approximate surface area is 192 Å². The van der Waals surface area contributed by atoms with E-state index in [1.54, 1.807) is 29.5 Å². The van der Waals surface area contributed by atoms with E-state index in [4.69, 9.17) is 4.74 Å². The molecule has 0 spiro atoms. The Morgan fingerprint density at radius 1 is 1.12 bits per heavy atom. The third-order valence-electron chi connectivity index (χ3n) is 5.29. The van der Waals surface area contributed by atoms with Crippen molar-refractivity contribution in [3.05, 3.63) is 70.0 Å². The molecule has 0 unspecified atom stereocenters. The molecule has 3 aromatic rings. The number of morpholine rings is 1. The molecule has 1 fully saturated rings. The first kappa shape index (κ1) is 22.6. The number of carbonyl (C=O) groups excluding carboxylic acids is 1. The van der Waals surface area contributed by atoms with E-state index in [1.807, 2.05) is 36.6 Å². The molecule has 0 aliphatic carbocycles. The van der Waals surface area contributed by atoms with Crippen LogP contribution in [0.4, 0.5) is 0 Å². The average Bonchev–Trinajstić information content (AvgIpc) is 3.26. The van der Waals surface area contributed by atoms with E-state index in [0.29, 0.717) is 26.2 Å². The Balaban J connectivity index is 1.39. The normalized spacial score (nSPS) is 14.9. The number of nitrogens with one attached hydrogen (secondary N) is 1. The Morgan fingerprint density at radius 2 is 1.84 bits per heavy atom. The maximum atomic E-state index is 13.0. The van der Waals surface area contributed by atoms with Crippen LogP contribution >= 0.6 is 11.3 Å². The van der Waals surface area contributed by atoms with Crippen LogP contribution in [-0.2, 0) is 21.2 Å². The highest BCUT2D eigenvalue weighted by Crippen LogP contribution is 2.23. The molecule has 0 radical (unpaired) electrons. The fraction of sp³-hybridized carbons (Fsp3) is 0.304. The van der Waals surface area contributed by atoms with Crippen molar-refractivity contribution in [1.29, 1.82) is 0 Å². The van der Waals surface area contributed by atoms with Gasteiger partial charge in [-0.2, -0.15) is 4.31 Å². The Hall–Kier alpha value is -2.59. The highest BCUT2D eigenvalue weighted by Gasteiger charge is 2.29. The van der Waals surface area contributed by atoms with E-state index in [0.717, 1.165) is 21.8 Å². The summed E-state index contributed by atoms with van der Waals surface area (Å²) in [6, 6.07) is 14.4. The summed E-state index contributed by atoms with van der Waals surface area (Å²) < 4.78 is 32.7. The molecule has 1 aliphatic heterocycles. The first-order valence-electron chi connectivity index (χ1n) is 10.4. The van der Waals surface area contributed by atoms with Gasteiger partial charge >= 0.3 is 0 Å². The van der Waals surface area contributed by atoms with Gasteiger partial charge in [-0.25, -0.2) is 13.4 Å². The quantitative estimate of drug-likeness (QED) is 0.572. The number of aryl methyl sites for hydroxylation is 1. The summed E-state index contributed by atoms with van der Waals surface area (Å²) in [7, 11) is -3.76. The zero-order valence-corrected chi connectivity index (χ0v) is 19.4. The second-order valence-corrected chi connectivity index (χ2v) is 10.4. The zero-order valence-electron chi connectivity index (χ0n) is 17.8. The lowest BCUT2D eigenvalue weighted by molar-refractivity contribution is 0.0730. The van der Waals surface area contributed by atoms with E-state index >= 15 is 0 Å². The van der Waals surface area contributed by atoms with Crippen molar-refractivity contribution in [2.24, 2.45) is 0 Å². The topological polar surface area (TPSA) is 88.6 Å². The van der Waals surface area contributed by atoms with Crippen LogP contribution in [0.2, 0.25) is 0 Å². The molecule has 1 N–H and O–H groups in total. The minimum atomic E-state index is -3.76. The summed E-state index contributed by atoms with van der Waals surface area (Å²) in [5.41, 5.74) is 3.26. The second kappa shape index (κ2) is 9.91. The van der Waals surface area contributed by atoms with Gasteiger partial charge in [0.2, 0.25) is 10.0 Å². The molecule has 1 saturated heterocycles. The van der Waals surface area contributed by atoms with Gasteiger partial charge in [0.05, 0.1) is 34.4 Å². The Bertz CT molecular complexity index is 1180. The fourth-order valence-corrected chi connectivity index (χ4v) is 5.78. The van der Waals surface area contributed by atoms with Crippen molar-refractivity contribution in [1.82, 2.24) is 14.6 Å². The SMILES string of the molecule is Cc1nc(-c2ccc(CCNC(=O)c3ccccc3S(=O)(=O)N3CCOCC3)cc2)cs1. The van der Waals surface area contributed by atoms with Gasteiger partial charge in [-0.3, -0.25) is 4.79 Å². The van der Waals surface area contributed by atoms with E-state index in [9.17, 15) is 13.2 Å². The van der Waals surface area contributed by atoms with E-state index in [2.05, 4.69) is 10.3 Å². The molecule has 1 amide bonds. The van der Waals surface area contributed by atoms with Gasteiger partial charge in [0.1, 0.15) is 0 Å². The fourth-order valence-electron chi connectivity index (χ4n) is 3.56. The van der Waals surface area contributed by atoms with Gasteiger partial charge in [-0.1, -0.05) is 36.4 Å². The van der Waals surface area contributed by atoms with E-state index < -0.39 is 15.9 Å². The highest BCUT2D eigenvalue weighted by atomic mass is 32.2. The third-order valence-corrected chi connectivity index (χ3v) is 8.02. The molecule has 0 bridgehead atoms. The van der Waals surface area contributed by atoms with Crippen molar-refractivity contribution in [3.8, 4) is 11.3 Å². The molecule has 2 aromatic carbocycles. The van der Waals surface area contributed by atoms with Crippen molar-refractivity contribution in [2.45, 2.75) is 18.2 Å². The minimum absolute atomic E-state index is 0.0299. The summed E-state index contributed by atoms with van der Waals surface area (Å²) in [6.45, 7) is 3.67. The summed E-state index contributed by atoms with van der Waals surface area (Å²) >= 11 is 1.62. The predicted octanol–water partition coefficient (Wildman–Crippen LogP) is 3.11. The summed E-state index contributed by atoms with van der Waals surface area (Å²) in [5, 5.41) is 5.92. The van der Waals surface area contributed by atoms with Gasteiger partial charge in [0.25, 0.3) is 5.91 Å². The van der Waals surface area contributed by atoms with Gasteiger partial charge in [-0.05, 0) is 31.0 Å². The van der Waals surface area contributed by atoms with Crippen molar-refractivity contribution >= 4 is 27.3 Å². The van der Waals surface area contributed by atoms with Crippen molar-refractivity contribution < 1.29 is 17.9 Å². The molecule has 9 heteroatoms. The molecular weight excluding hydrogens is 446 g/mol. The predicted molar refractivity (Wildman–Crippen MR) is 124 cm³/mol. The van der Waals surface area contributed by atoms with Crippen LogP contribution in [0.5, 0.6) is 0 Å². The molecule has 0 atom stereocenters. The standard InChI is InChI=1S/C23H25N3O4S2/c1-17-25-21(16-31-17)19-8-6-18(7-9-19)10-11-24-23(27)20-4-2-3-5-22(20)32(28,29)26-12-14-30-15-13-26/h2-9,16H,10-15H2,1H3,(H,24,27). The lowest BCUT2D eigenvalue weighted by Crippen LogP contribution is -2.41. The highest BCUT2D eigenvalue weighted by molar-refractivity contribution is 7.89. The molecule has 2 heterocycles. The number of benzene rings is 2. The van der Waals surface area contributed by atoms with Gasteiger partial charge in [-0.15, -0.1) is 11.3 Å². The molecule has 168 valence electrons. The second-order valence-electron chi connectivity index (χ2n) is 7.47. The van der Waals surface area contributed by atoms with Crippen LogP contribution in [0.15, 0.2) is 58.8 Å². The van der Waals surface area contributed by atoms with E-state index in [1.165, 1.54) is 10.4 Å². The summed E-state index contributed by atoms with van der Waals surface area (Å²) in [4.78, 5) is 17.3. The van der Waals surface area contributed by atoms with Crippen LogP contribution in [0.3, 0.4) is 0 Å². The van der Waals surface area contributed by atoms with Crippen LogP contribution in [0.25, 0.3) is 11.3 Å². The number of aromatic nitrogens is 1. The number of rotatable bonds is 7. The largest absolute Gasteiger partial charge is 0.379 e. The number of hydrogen-bond donors (Lipinski definition) is 1. The number of carbonyl (C=O) groups is 1. The Kier molecular flexibility index (Phi) is 7.00. The Morgan fingerprint density at radius 3 is 2.53 bits per heavy atom. The third kappa shape index (κ3) is 5.07. The molecule has 1 aromatic heterocycles. The van der Waals surface area contributed by atoms with Crippen LogP contribution in [-0.4, -0.2) is 56.5 Å². The van der Waals surface area contributed by atoms with Crippen molar-refractivity contribution in [3.63, 3.8) is 0 Å². The lowest BCUT2D eigenvalue weighted by atomic mass is 10.1. The first-order chi connectivity index (χ1) is 15.4. The molecule has 4 rings (SSSR count). The summed E-state index contributed by atoms with van der Waals surface area (Å²) in [6.07, 6.45) is 0.639. The van der Waals surface area contributed by atoms with Crippen LogP contribution in [0.1, 0.15) is 20.9 Å². The minimum Gasteiger partial charge on any atom is -0.379 e. The monoisotopic (exact) mass is 471 g/mol. The molecule has 7 nitrogen and oxygen atoms in total. The molecular formula is C23H25N3O4S2. The van der Waals surface area contributed by atoms with E-state index in [-0.39, 0.29) is 23.5 Å². The maximum absolute atomic E-state index is 13.0. The van der Waals surface area contributed by atoms with Crippen LogP contribution in [0, 0.1) is 6.92 Å². The maximum Gasteiger partial charge on any atom is 0.252 e. The lowest BCUT2D eigenvalue weighted by Gasteiger charge is -2.26. The zero-order chi connectivity index (χ0) is 22.6. The smallest absolute Gasteiger partial charge is 0.252 e. The van der Waals surface area contributed by atoms with Gasteiger partial charge in [0, 0.05) is 30.6 Å². The summed E-state index contributed by atoms with van der Waals surface area (Å²) in [5.74, 6) is -0.396. The first-order valence-corrected chi connectivity index (χ1v) is 12.7. The van der Waals surface area contributed by atoms with Crippen molar-refractivity contribution in [2.75, 3.05) is 32.8 Å². The van der Waals surface area contributed by atoms with Crippen LogP contribution < -0.4 is 5.32 Å². The number of thiazole rings is 1. The van der Waals surface area contributed by atoms with Gasteiger partial charge < -0.3 is 10.1 Å².